The molecular weight excluding hydrogens is 234 g/mol. The van der Waals surface area contributed by atoms with E-state index in [-0.39, 0.29) is 5.78 Å². The third-order valence-corrected chi connectivity index (χ3v) is 3.53. The first-order valence-corrected chi connectivity index (χ1v) is 6.80. The zero-order valence-electron chi connectivity index (χ0n) is 10.4. The lowest BCUT2D eigenvalue weighted by Crippen LogP contribution is -2.00. The van der Waals surface area contributed by atoms with E-state index in [0.29, 0.717) is 0 Å². The molecule has 3 nitrogen and oxygen atoms in total. The van der Waals surface area contributed by atoms with Gasteiger partial charge in [0, 0.05) is 16.9 Å². The van der Waals surface area contributed by atoms with Gasteiger partial charge in [-0.1, -0.05) is 0 Å². The number of rotatable bonds is 7. The molecule has 0 radical (unpaired) electrons. The fourth-order valence-electron chi connectivity index (χ4n) is 1.48. The lowest BCUT2D eigenvalue weighted by Gasteiger charge is -2.09. The molecule has 0 spiro atoms. The molecular formula is C13H19NO2S. The van der Waals surface area contributed by atoms with Gasteiger partial charge in [0.05, 0.1) is 7.11 Å². The summed E-state index contributed by atoms with van der Waals surface area (Å²) >= 11 is 1.81. The Kier molecular flexibility index (Phi) is 6.08. The first-order valence-electron chi connectivity index (χ1n) is 5.64. The summed E-state index contributed by atoms with van der Waals surface area (Å²) in [7, 11) is 1.65. The Morgan fingerprint density at radius 2 is 2.24 bits per heavy atom. The van der Waals surface area contributed by atoms with Crippen molar-refractivity contribution in [3.05, 3.63) is 29.3 Å². The Labute approximate surface area is 107 Å². The molecule has 0 atom stereocenters. The zero-order chi connectivity index (χ0) is 12.7. The summed E-state index contributed by atoms with van der Waals surface area (Å²) in [5.41, 5.74) is 7.25. The SMILES string of the molecule is COc1ccc(C(C)=O)cc1CSCCCN. The van der Waals surface area contributed by atoms with Crippen LogP contribution in [0.2, 0.25) is 0 Å². The number of hydrogen-bond acceptors (Lipinski definition) is 4. The molecule has 0 aliphatic rings. The minimum atomic E-state index is 0.0841. The normalized spacial score (nSPS) is 10.3. The van der Waals surface area contributed by atoms with E-state index >= 15 is 0 Å². The van der Waals surface area contributed by atoms with E-state index < -0.39 is 0 Å². The van der Waals surface area contributed by atoms with Crippen molar-refractivity contribution in [2.24, 2.45) is 5.73 Å². The van der Waals surface area contributed by atoms with Crippen molar-refractivity contribution >= 4 is 17.5 Å². The van der Waals surface area contributed by atoms with Crippen LogP contribution in [0.5, 0.6) is 5.75 Å². The second-order valence-corrected chi connectivity index (χ2v) is 4.88. The van der Waals surface area contributed by atoms with Gasteiger partial charge < -0.3 is 10.5 Å². The number of carbonyl (C=O) groups excluding carboxylic acids is 1. The van der Waals surface area contributed by atoms with Crippen LogP contribution in [0.3, 0.4) is 0 Å². The van der Waals surface area contributed by atoms with E-state index in [1.807, 2.05) is 23.9 Å². The van der Waals surface area contributed by atoms with Gasteiger partial charge in [0.2, 0.25) is 0 Å². The van der Waals surface area contributed by atoms with E-state index in [1.54, 1.807) is 20.1 Å². The largest absolute Gasteiger partial charge is 0.496 e. The molecule has 0 fully saturated rings. The molecule has 2 N–H and O–H groups in total. The maximum atomic E-state index is 11.3. The van der Waals surface area contributed by atoms with Gasteiger partial charge in [-0.2, -0.15) is 11.8 Å². The molecule has 0 amide bonds. The summed E-state index contributed by atoms with van der Waals surface area (Å²) in [5.74, 6) is 2.81. The third-order valence-electron chi connectivity index (χ3n) is 2.44. The Balaban J connectivity index is 2.72. The standard InChI is InChI=1S/C13H19NO2S/c1-10(15)11-4-5-13(16-2)12(8-11)9-17-7-3-6-14/h4-5,8H,3,6-7,9,14H2,1-2H3. The van der Waals surface area contributed by atoms with E-state index in [1.165, 1.54) is 0 Å². The Bertz CT molecular complexity index is 380. The molecule has 1 aromatic rings. The first kappa shape index (κ1) is 14.1. The number of methoxy groups -OCH3 is 1. The number of nitrogens with two attached hydrogens (primary N) is 1. The van der Waals surface area contributed by atoms with Crippen LogP contribution < -0.4 is 10.5 Å². The molecule has 1 aromatic carbocycles. The molecule has 4 heteroatoms. The van der Waals surface area contributed by atoms with Crippen LogP contribution >= 0.6 is 11.8 Å². The number of carbonyl (C=O) groups is 1. The summed E-state index contributed by atoms with van der Waals surface area (Å²) in [5, 5.41) is 0. The predicted molar refractivity (Wildman–Crippen MR) is 72.8 cm³/mol. The average Bonchev–Trinajstić information content (AvgIpc) is 2.34. The topological polar surface area (TPSA) is 52.3 Å². The maximum Gasteiger partial charge on any atom is 0.159 e. The van der Waals surface area contributed by atoms with Crippen LogP contribution in [0, 0.1) is 0 Å². The van der Waals surface area contributed by atoms with E-state index in [9.17, 15) is 4.79 Å². The second kappa shape index (κ2) is 7.35. The minimum absolute atomic E-state index is 0.0841. The number of thioether (sulfide) groups is 1. The molecule has 0 saturated carbocycles. The molecule has 1 rings (SSSR count). The number of benzene rings is 1. The summed E-state index contributed by atoms with van der Waals surface area (Å²) < 4.78 is 5.29. The Morgan fingerprint density at radius 1 is 1.47 bits per heavy atom. The highest BCUT2D eigenvalue weighted by Crippen LogP contribution is 2.25. The molecule has 94 valence electrons. The average molecular weight is 253 g/mol. The summed E-state index contributed by atoms with van der Waals surface area (Å²) in [4.78, 5) is 11.3. The summed E-state index contributed by atoms with van der Waals surface area (Å²) in [6, 6.07) is 5.57. The second-order valence-electron chi connectivity index (χ2n) is 3.78. The van der Waals surface area contributed by atoms with Gasteiger partial charge in [0.15, 0.2) is 5.78 Å². The number of Topliss-reactive ketones (excluding diaryl/α,β-unsaturated/α-hetero) is 1. The quantitative estimate of drug-likeness (QED) is 0.599. The molecule has 0 saturated heterocycles. The van der Waals surface area contributed by atoms with Gasteiger partial charge in [0.25, 0.3) is 0 Å². The molecule has 17 heavy (non-hydrogen) atoms. The number of hydrogen-bond donors (Lipinski definition) is 1. The highest BCUT2D eigenvalue weighted by Gasteiger charge is 2.07. The fraction of sp³-hybridized carbons (Fsp3) is 0.462. The highest BCUT2D eigenvalue weighted by atomic mass is 32.2. The maximum absolute atomic E-state index is 11.3. The molecule has 0 aliphatic carbocycles. The van der Waals surface area contributed by atoms with E-state index in [4.69, 9.17) is 10.5 Å². The van der Waals surface area contributed by atoms with Crippen molar-refractivity contribution in [3.63, 3.8) is 0 Å². The van der Waals surface area contributed by atoms with Crippen LogP contribution in [0.15, 0.2) is 18.2 Å². The monoisotopic (exact) mass is 253 g/mol. The van der Waals surface area contributed by atoms with E-state index in [0.717, 1.165) is 41.3 Å². The van der Waals surface area contributed by atoms with Crippen molar-refractivity contribution in [1.29, 1.82) is 0 Å². The molecule has 0 aromatic heterocycles. The van der Waals surface area contributed by atoms with Crippen LogP contribution in [0.1, 0.15) is 29.3 Å². The first-order chi connectivity index (χ1) is 8.19. The van der Waals surface area contributed by atoms with Gasteiger partial charge in [-0.25, -0.2) is 0 Å². The van der Waals surface area contributed by atoms with Crippen molar-refractivity contribution in [2.75, 3.05) is 19.4 Å². The summed E-state index contributed by atoms with van der Waals surface area (Å²) in [6.07, 6.45) is 1.01. The number of ether oxygens (including phenoxy) is 1. The summed E-state index contributed by atoms with van der Waals surface area (Å²) in [6.45, 7) is 2.30. The minimum Gasteiger partial charge on any atom is -0.496 e. The zero-order valence-corrected chi connectivity index (χ0v) is 11.2. The van der Waals surface area contributed by atoms with Gasteiger partial charge in [-0.3, -0.25) is 4.79 Å². The molecule has 0 heterocycles. The third kappa shape index (κ3) is 4.40. The fourth-order valence-corrected chi connectivity index (χ4v) is 2.44. The van der Waals surface area contributed by atoms with Gasteiger partial charge in [0.1, 0.15) is 5.75 Å². The molecule has 0 aliphatic heterocycles. The van der Waals surface area contributed by atoms with Gasteiger partial charge in [-0.05, 0) is 43.8 Å². The van der Waals surface area contributed by atoms with Crippen molar-refractivity contribution in [2.45, 2.75) is 19.1 Å². The Hall–Kier alpha value is -1.00. The van der Waals surface area contributed by atoms with Gasteiger partial charge in [-0.15, -0.1) is 0 Å². The lowest BCUT2D eigenvalue weighted by atomic mass is 10.1. The smallest absolute Gasteiger partial charge is 0.159 e. The van der Waals surface area contributed by atoms with Crippen LogP contribution in [-0.2, 0) is 5.75 Å². The van der Waals surface area contributed by atoms with Gasteiger partial charge >= 0.3 is 0 Å². The highest BCUT2D eigenvalue weighted by molar-refractivity contribution is 7.98. The van der Waals surface area contributed by atoms with Crippen LogP contribution in [-0.4, -0.2) is 25.2 Å². The molecule has 0 bridgehead atoms. The van der Waals surface area contributed by atoms with Crippen molar-refractivity contribution in [1.82, 2.24) is 0 Å². The number of ketones is 1. The van der Waals surface area contributed by atoms with Crippen LogP contribution in [0.25, 0.3) is 0 Å². The Morgan fingerprint density at radius 3 is 2.82 bits per heavy atom. The van der Waals surface area contributed by atoms with Crippen molar-refractivity contribution in [3.8, 4) is 5.75 Å². The van der Waals surface area contributed by atoms with Crippen LogP contribution in [0.4, 0.5) is 0 Å². The predicted octanol–water partition coefficient (Wildman–Crippen LogP) is 2.48. The lowest BCUT2D eigenvalue weighted by molar-refractivity contribution is 0.101. The van der Waals surface area contributed by atoms with E-state index in [2.05, 4.69) is 0 Å². The molecule has 0 unspecified atom stereocenters. The van der Waals surface area contributed by atoms with Crippen molar-refractivity contribution < 1.29 is 9.53 Å².